The highest BCUT2D eigenvalue weighted by Crippen LogP contribution is 2.55. The lowest BCUT2D eigenvalue weighted by Crippen LogP contribution is -2.58. The van der Waals surface area contributed by atoms with Gasteiger partial charge < -0.3 is 15.4 Å². The number of para-hydroxylation sites is 1. The molecule has 1 aromatic carbocycles. The highest BCUT2D eigenvalue weighted by atomic mass is 32.1. The van der Waals surface area contributed by atoms with Crippen LogP contribution in [0.5, 0.6) is 0 Å². The van der Waals surface area contributed by atoms with Crippen LogP contribution in [0.3, 0.4) is 0 Å². The molecule has 3 aliphatic heterocycles. The molecule has 2 aromatic rings. The molecule has 8 heteroatoms. The molecule has 3 aliphatic rings. The Balaban J connectivity index is 1.51. The van der Waals surface area contributed by atoms with Crippen molar-refractivity contribution in [3.63, 3.8) is 0 Å². The summed E-state index contributed by atoms with van der Waals surface area (Å²) in [6.07, 6.45) is 3.11. The summed E-state index contributed by atoms with van der Waals surface area (Å²) in [4.78, 5) is 43.2. The van der Waals surface area contributed by atoms with E-state index in [9.17, 15) is 14.4 Å². The maximum atomic E-state index is 13.9. The van der Waals surface area contributed by atoms with Gasteiger partial charge in [0.25, 0.3) is 0 Å². The zero-order chi connectivity index (χ0) is 23.4. The monoisotopic (exact) mass is 465 g/mol. The largest absolute Gasteiger partial charge is 0.359 e. The van der Waals surface area contributed by atoms with Crippen LogP contribution in [0.4, 0.5) is 5.69 Å². The van der Waals surface area contributed by atoms with Crippen LogP contribution in [-0.4, -0.2) is 41.0 Å². The summed E-state index contributed by atoms with van der Waals surface area (Å²) in [5.41, 5.74) is -1.06. The second-order valence-electron chi connectivity index (χ2n) is 9.78. The van der Waals surface area contributed by atoms with Gasteiger partial charge in [0, 0.05) is 16.1 Å². The van der Waals surface area contributed by atoms with Gasteiger partial charge >= 0.3 is 0 Å². The van der Waals surface area contributed by atoms with Crippen molar-refractivity contribution in [2.75, 3.05) is 4.90 Å². The molecule has 5 rings (SSSR count). The second kappa shape index (κ2) is 7.81. The highest BCUT2D eigenvalue weighted by Gasteiger charge is 2.73. The Morgan fingerprint density at radius 3 is 2.55 bits per heavy atom. The zero-order valence-corrected chi connectivity index (χ0v) is 19.6. The van der Waals surface area contributed by atoms with Gasteiger partial charge in [-0.3, -0.25) is 19.3 Å². The van der Waals surface area contributed by atoms with Crippen molar-refractivity contribution in [2.24, 2.45) is 11.8 Å². The molecule has 2 bridgehead atoms. The summed E-state index contributed by atoms with van der Waals surface area (Å²) in [6.45, 7) is 6.08. The fraction of sp³-hybridized carbons (Fsp3) is 0.400. The molecule has 0 radical (unpaired) electrons. The van der Waals surface area contributed by atoms with E-state index in [0.29, 0.717) is 12.2 Å². The van der Waals surface area contributed by atoms with Crippen molar-refractivity contribution in [1.82, 2.24) is 10.6 Å². The van der Waals surface area contributed by atoms with Gasteiger partial charge in [-0.1, -0.05) is 36.4 Å². The SMILES string of the molecule is CC(C)(C)NC(=O)[C@H]1N(c2ccccc2)C(=O)[C@H]2[C@@H](C(=O)NCc3cccs3)[C@H]3C=C[C@@]21O3. The molecule has 1 aromatic heterocycles. The van der Waals surface area contributed by atoms with Crippen LogP contribution in [0.25, 0.3) is 0 Å². The topological polar surface area (TPSA) is 87.7 Å². The predicted octanol–water partition coefficient (Wildman–Crippen LogP) is 2.63. The van der Waals surface area contributed by atoms with Crippen molar-refractivity contribution < 1.29 is 19.1 Å². The predicted molar refractivity (Wildman–Crippen MR) is 126 cm³/mol. The van der Waals surface area contributed by atoms with Gasteiger partial charge in [-0.05, 0) is 44.4 Å². The number of ether oxygens (including phenoxy) is 1. The number of carbonyl (C=O) groups is 3. The van der Waals surface area contributed by atoms with Crippen molar-refractivity contribution in [3.05, 3.63) is 64.9 Å². The van der Waals surface area contributed by atoms with Crippen LogP contribution in [0.1, 0.15) is 25.6 Å². The summed E-state index contributed by atoms with van der Waals surface area (Å²) in [5, 5.41) is 7.93. The Bertz CT molecular complexity index is 1110. The minimum Gasteiger partial charge on any atom is -0.359 e. The lowest BCUT2D eigenvalue weighted by molar-refractivity contribution is -0.132. The third-order valence-electron chi connectivity index (χ3n) is 6.38. The molecule has 0 aliphatic carbocycles. The molecule has 0 saturated carbocycles. The molecule has 3 amide bonds. The Labute approximate surface area is 196 Å². The van der Waals surface area contributed by atoms with E-state index in [2.05, 4.69) is 10.6 Å². The standard InChI is InChI=1S/C25H27N3O4S/c1-24(2,3)27-22(30)20-25-12-11-17(32-25)18(21(29)26-14-16-10-7-13-33-16)19(25)23(31)28(20)15-8-5-4-6-9-15/h4-13,17-20H,14H2,1-3H3,(H,26,29)(H,27,30)/t17-,18+,19-,20-,25-/m1/s1. The van der Waals surface area contributed by atoms with Gasteiger partial charge in [0.15, 0.2) is 0 Å². The summed E-state index contributed by atoms with van der Waals surface area (Å²) >= 11 is 1.56. The lowest BCUT2D eigenvalue weighted by atomic mass is 9.74. The van der Waals surface area contributed by atoms with Gasteiger partial charge in [0.05, 0.1) is 24.5 Å². The normalized spacial score (nSPS) is 29.9. The molecule has 172 valence electrons. The average molecular weight is 466 g/mol. The smallest absolute Gasteiger partial charge is 0.246 e. The molecule has 5 atom stereocenters. The Morgan fingerprint density at radius 1 is 1.12 bits per heavy atom. The maximum absolute atomic E-state index is 13.9. The van der Waals surface area contributed by atoms with E-state index < -0.39 is 35.1 Å². The minimum atomic E-state index is -1.18. The number of anilines is 1. The molecular formula is C25H27N3O4S. The first-order valence-corrected chi connectivity index (χ1v) is 12.0. The molecular weight excluding hydrogens is 438 g/mol. The van der Waals surface area contributed by atoms with Gasteiger partial charge in [0.2, 0.25) is 17.7 Å². The van der Waals surface area contributed by atoms with Gasteiger partial charge in [-0.25, -0.2) is 0 Å². The van der Waals surface area contributed by atoms with Crippen LogP contribution >= 0.6 is 11.3 Å². The van der Waals surface area contributed by atoms with Crippen LogP contribution in [0, 0.1) is 11.8 Å². The lowest BCUT2D eigenvalue weighted by Gasteiger charge is -2.34. The molecule has 0 unspecified atom stereocenters. The minimum absolute atomic E-state index is 0.233. The van der Waals surface area contributed by atoms with E-state index in [1.165, 1.54) is 4.90 Å². The Hall–Kier alpha value is -2.97. The third kappa shape index (κ3) is 3.57. The van der Waals surface area contributed by atoms with Crippen LogP contribution in [0.15, 0.2) is 60.0 Å². The van der Waals surface area contributed by atoms with E-state index in [1.807, 2.05) is 68.6 Å². The molecule has 33 heavy (non-hydrogen) atoms. The van der Waals surface area contributed by atoms with Crippen molar-refractivity contribution >= 4 is 34.7 Å². The van der Waals surface area contributed by atoms with Gasteiger partial charge in [-0.15, -0.1) is 11.3 Å². The zero-order valence-electron chi connectivity index (χ0n) is 18.8. The van der Waals surface area contributed by atoms with Gasteiger partial charge in [0.1, 0.15) is 11.6 Å². The maximum Gasteiger partial charge on any atom is 0.246 e. The van der Waals surface area contributed by atoms with E-state index in [-0.39, 0.29) is 17.7 Å². The van der Waals surface area contributed by atoms with Crippen LogP contribution in [-0.2, 0) is 25.7 Å². The first-order valence-electron chi connectivity index (χ1n) is 11.1. The number of hydrogen-bond donors (Lipinski definition) is 2. The van der Waals surface area contributed by atoms with Crippen molar-refractivity contribution in [1.29, 1.82) is 0 Å². The average Bonchev–Trinajstić information content (AvgIpc) is 3.53. The molecule has 7 nitrogen and oxygen atoms in total. The number of carbonyl (C=O) groups excluding carboxylic acids is 3. The fourth-order valence-electron chi connectivity index (χ4n) is 5.18. The molecule has 2 fully saturated rings. The Morgan fingerprint density at radius 2 is 1.88 bits per heavy atom. The number of amides is 3. The number of fused-ring (bicyclic) bond motifs is 1. The van der Waals surface area contributed by atoms with E-state index in [1.54, 1.807) is 23.5 Å². The molecule has 2 N–H and O–H groups in total. The first kappa shape index (κ1) is 21.9. The number of thiophene rings is 1. The van der Waals surface area contributed by atoms with Crippen molar-refractivity contribution in [3.8, 4) is 0 Å². The quantitative estimate of drug-likeness (QED) is 0.665. The fourth-order valence-corrected chi connectivity index (χ4v) is 5.83. The van der Waals surface area contributed by atoms with Crippen LogP contribution in [0.2, 0.25) is 0 Å². The van der Waals surface area contributed by atoms with E-state index >= 15 is 0 Å². The summed E-state index contributed by atoms with van der Waals surface area (Å²) in [7, 11) is 0. The highest BCUT2D eigenvalue weighted by molar-refractivity contribution is 7.09. The number of rotatable bonds is 5. The van der Waals surface area contributed by atoms with E-state index in [0.717, 1.165) is 4.88 Å². The van der Waals surface area contributed by atoms with Crippen LogP contribution < -0.4 is 15.5 Å². The number of nitrogens with zero attached hydrogens (tertiary/aromatic N) is 1. The summed E-state index contributed by atoms with van der Waals surface area (Å²) < 4.78 is 6.33. The first-order chi connectivity index (χ1) is 15.7. The second-order valence-corrected chi connectivity index (χ2v) is 10.8. The molecule has 4 heterocycles. The number of benzene rings is 1. The number of nitrogens with one attached hydrogen (secondary N) is 2. The third-order valence-corrected chi connectivity index (χ3v) is 7.25. The number of hydrogen-bond acceptors (Lipinski definition) is 5. The molecule has 2 saturated heterocycles. The van der Waals surface area contributed by atoms with Gasteiger partial charge in [-0.2, -0.15) is 0 Å². The molecule has 1 spiro atoms. The summed E-state index contributed by atoms with van der Waals surface area (Å²) in [6, 6.07) is 12.1. The summed E-state index contributed by atoms with van der Waals surface area (Å²) in [5.74, 6) is -2.26. The van der Waals surface area contributed by atoms with Crippen molar-refractivity contribution in [2.45, 2.75) is 50.6 Å². The Kier molecular flexibility index (Phi) is 5.17. The van der Waals surface area contributed by atoms with E-state index in [4.69, 9.17) is 4.74 Å².